The Bertz CT molecular complexity index is 717. The Morgan fingerprint density at radius 2 is 1.78 bits per heavy atom. The Morgan fingerprint density at radius 3 is 2.39 bits per heavy atom. The highest BCUT2D eigenvalue weighted by Gasteiger charge is 2.07. The van der Waals surface area contributed by atoms with Crippen molar-refractivity contribution in [3.63, 3.8) is 0 Å². The summed E-state index contributed by atoms with van der Waals surface area (Å²) in [6, 6.07) is 11.3. The molecule has 0 aromatic heterocycles. The third kappa shape index (κ3) is 5.47. The van der Waals surface area contributed by atoms with Gasteiger partial charge in [0, 0.05) is 10.7 Å². The lowest BCUT2D eigenvalue weighted by Crippen LogP contribution is -2.20. The molecule has 2 aromatic rings. The van der Waals surface area contributed by atoms with Gasteiger partial charge in [-0.25, -0.2) is 0 Å². The van der Waals surface area contributed by atoms with Crippen molar-refractivity contribution in [2.24, 2.45) is 0 Å². The van der Waals surface area contributed by atoms with E-state index in [9.17, 15) is 9.59 Å². The number of benzene rings is 2. The predicted octanol–water partition coefficient (Wildman–Crippen LogP) is 3.64. The van der Waals surface area contributed by atoms with E-state index in [-0.39, 0.29) is 18.9 Å². The number of halogens is 2. The van der Waals surface area contributed by atoms with Crippen molar-refractivity contribution in [1.82, 2.24) is 0 Å². The van der Waals surface area contributed by atoms with Gasteiger partial charge in [0.05, 0.1) is 11.4 Å². The smallest absolute Gasteiger partial charge is 0.307 e. The number of amides is 1. The summed E-state index contributed by atoms with van der Waals surface area (Å²) in [7, 11) is 0. The number of ether oxygens (including phenoxy) is 1. The largest absolute Gasteiger partial charge is 0.482 e. The van der Waals surface area contributed by atoms with Gasteiger partial charge >= 0.3 is 5.97 Å². The molecule has 0 aliphatic carbocycles. The van der Waals surface area contributed by atoms with Gasteiger partial charge in [-0.05, 0) is 35.9 Å². The minimum Gasteiger partial charge on any atom is -0.482 e. The van der Waals surface area contributed by atoms with E-state index in [0.717, 1.165) is 0 Å². The molecule has 0 spiro atoms. The van der Waals surface area contributed by atoms with Crippen molar-refractivity contribution in [2.75, 3.05) is 11.9 Å². The Labute approximate surface area is 142 Å². The lowest BCUT2D eigenvalue weighted by atomic mass is 10.1. The van der Waals surface area contributed by atoms with E-state index in [1.807, 2.05) is 0 Å². The molecule has 0 atom stereocenters. The molecule has 0 radical (unpaired) electrons. The molecule has 0 saturated carbocycles. The second-order valence-electron chi connectivity index (χ2n) is 4.68. The molecule has 0 unspecified atom stereocenters. The maximum Gasteiger partial charge on any atom is 0.307 e. The summed E-state index contributed by atoms with van der Waals surface area (Å²) in [6.45, 7) is -0.210. The van der Waals surface area contributed by atoms with E-state index < -0.39 is 5.97 Å². The van der Waals surface area contributed by atoms with Gasteiger partial charge in [0.2, 0.25) is 0 Å². The maximum absolute atomic E-state index is 11.8. The summed E-state index contributed by atoms with van der Waals surface area (Å²) in [5.74, 6) is -0.903. The number of hydrogen-bond donors (Lipinski definition) is 2. The van der Waals surface area contributed by atoms with Crippen LogP contribution in [-0.2, 0) is 16.0 Å². The molecule has 0 fully saturated rings. The molecule has 120 valence electrons. The fraction of sp³-hybridized carbons (Fsp3) is 0.125. The molecule has 0 bridgehead atoms. The van der Waals surface area contributed by atoms with Crippen LogP contribution in [0.15, 0.2) is 42.5 Å². The Morgan fingerprint density at radius 1 is 1.09 bits per heavy atom. The first-order valence-corrected chi connectivity index (χ1v) is 7.38. The van der Waals surface area contributed by atoms with Gasteiger partial charge in [0.1, 0.15) is 5.75 Å². The van der Waals surface area contributed by atoms with Gasteiger partial charge < -0.3 is 15.2 Å². The third-order valence-corrected chi connectivity index (χ3v) is 3.38. The summed E-state index contributed by atoms with van der Waals surface area (Å²) in [5.41, 5.74) is 1.20. The molecular weight excluding hydrogens is 341 g/mol. The lowest BCUT2D eigenvalue weighted by Gasteiger charge is -2.09. The summed E-state index contributed by atoms with van der Waals surface area (Å²) in [5, 5.41) is 12.1. The van der Waals surface area contributed by atoms with Crippen molar-refractivity contribution in [3.8, 4) is 5.75 Å². The first kappa shape index (κ1) is 17.1. The SMILES string of the molecule is O=C(O)Cc1ccc(NC(=O)COc2ccc(Cl)cc2Cl)cc1. The fourth-order valence-electron chi connectivity index (χ4n) is 1.81. The molecular formula is C16H13Cl2NO4. The number of hydrogen-bond acceptors (Lipinski definition) is 3. The normalized spacial score (nSPS) is 10.2. The van der Waals surface area contributed by atoms with E-state index in [2.05, 4.69) is 5.32 Å². The zero-order chi connectivity index (χ0) is 16.8. The van der Waals surface area contributed by atoms with Gasteiger partial charge in [-0.15, -0.1) is 0 Å². The van der Waals surface area contributed by atoms with E-state index in [1.165, 1.54) is 6.07 Å². The molecule has 0 saturated heterocycles. The van der Waals surface area contributed by atoms with E-state index in [4.69, 9.17) is 33.0 Å². The zero-order valence-corrected chi connectivity index (χ0v) is 13.4. The summed E-state index contributed by atoms with van der Waals surface area (Å²) in [4.78, 5) is 22.4. The number of nitrogens with one attached hydrogen (secondary N) is 1. The number of rotatable bonds is 6. The van der Waals surface area contributed by atoms with Crippen LogP contribution in [0.3, 0.4) is 0 Å². The average molecular weight is 354 g/mol. The van der Waals surface area contributed by atoms with Crippen LogP contribution in [0, 0.1) is 0 Å². The van der Waals surface area contributed by atoms with Gasteiger partial charge in [-0.3, -0.25) is 9.59 Å². The number of carboxylic acids is 1. The zero-order valence-electron chi connectivity index (χ0n) is 11.9. The molecule has 2 aromatic carbocycles. The molecule has 7 heteroatoms. The highest BCUT2D eigenvalue weighted by molar-refractivity contribution is 6.35. The minimum absolute atomic E-state index is 0.0631. The molecule has 5 nitrogen and oxygen atoms in total. The van der Waals surface area contributed by atoms with Crippen LogP contribution >= 0.6 is 23.2 Å². The van der Waals surface area contributed by atoms with Crippen LogP contribution in [0.1, 0.15) is 5.56 Å². The lowest BCUT2D eigenvalue weighted by molar-refractivity contribution is -0.136. The van der Waals surface area contributed by atoms with Crippen LogP contribution < -0.4 is 10.1 Å². The molecule has 2 N–H and O–H groups in total. The predicted molar refractivity (Wildman–Crippen MR) is 88.4 cm³/mol. The van der Waals surface area contributed by atoms with Crippen LogP contribution in [0.2, 0.25) is 10.0 Å². The molecule has 0 aliphatic rings. The first-order valence-electron chi connectivity index (χ1n) is 6.62. The van der Waals surface area contributed by atoms with Gasteiger partial charge in [0.15, 0.2) is 6.61 Å². The average Bonchev–Trinajstić information content (AvgIpc) is 2.48. The van der Waals surface area contributed by atoms with Crippen molar-refractivity contribution < 1.29 is 19.4 Å². The molecule has 2 rings (SSSR count). The summed E-state index contributed by atoms with van der Waals surface area (Å²) >= 11 is 11.7. The van der Waals surface area contributed by atoms with Gasteiger partial charge in [0.25, 0.3) is 5.91 Å². The van der Waals surface area contributed by atoms with Crippen LogP contribution in [-0.4, -0.2) is 23.6 Å². The number of anilines is 1. The molecule has 23 heavy (non-hydrogen) atoms. The van der Waals surface area contributed by atoms with E-state index in [0.29, 0.717) is 27.0 Å². The standard InChI is InChI=1S/C16H13Cl2NO4/c17-11-3-6-14(13(18)8-11)23-9-15(20)19-12-4-1-10(2-5-12)7-16(21)22/h1-6,8H,7,9H2,(H,19,20)(H,21,22). The highest BCUT2D eigenvalue weighted by atomic mass is 35.5. The molecule has 0 aliphatic heterocycles. The van der Waals surface area contributed by atoms with E-state index >= 15 is 0 Å². The topological polar surface area (TPSA) is 75.6 Å². The van der Waals surface area contributed by atoms with Crippen molar-refractivity contribution in [1.29, 1.82) is 0 Å². The monoisotopic (exact) mass is 353 g/mol. The number of carbonyl (C=O) groups excluding carboxylic acids is 1. The summed E-state index contributed by atoms with van der Waals surface area (Å²) < 4.78 is 5.32. The molecule has 0 heterocycles. The van der Waals surface area contributed by atoms with E-state index in [1.54, 1.807) is 36.4 Å². The number of carbonyl (C=O) groups is 2. The Hall–Kier alpha value is -2.24. The Balaban J connectivity index is 1.88. The maximum atomic E-state index is 11.8. The van der Waals surface area contributed by atoms with Crippen molar-refractivity contribution in [3.05, 3.63) is 58.1 Å². The minimum atomic E-state index is -0.907. The number of aliphatic carboxylic acids is 1. The fourth-order valence-corrected chi connectivity index (χ4v) is 2.28. The number of carboxylic acid groups (broad SMARTS) is 1. The second kappa shape index (κ2) is 7.85. The third-order valence-electron chi connectivity index (χ3n) is 2.85. The van der Waals surface area contributed by atoms with Gasteiger partial charge in [-0.2, -0.15) is 0 Å². The summed E-state index contributed by atoms with van der Waals surface area (Å²) in [6.07, 6.45) is -0.0631. The van der Waals surface area contributed by atoms with Crippen molar-refractivity contribution >= 4 is 40.8 Å². The molecule has 1 amide bonds. The van der Waals surface area contributed by atoms with Gasteiger partial charge in [-0.1, -0.05) is 35.3 Å². The van der Waals surface area contributed by atoms with Crippen LogP contribution in [0.4, 0.5) is 5.69 Å². The first-order chi connectivity index (χ1) is 10.9. The quantitative estimate of drug-likeness (QED) is 0.831. The highest BCUT2D eigenvalue weighted by Crippen LogP contribution is 2.27. The second-order valence-corrected chi connectivity index (χ2v) is 5.52. The Kier molecular flexibility index (Phi) is 5.84. The van der Waals surface area contributed by atoms with Crippen molar-refractivity contribution in [2.45, 2.75) is 6.42 Å². The van der Waals surface area contributed by atoms with Crippen LogP contribution in [0.5, 0.6) is 5.75 Å². The van der Waals surface area contributed by atoms with Crippen LogP contribution in [0.25, 0.3) is 0 Å².